The van der Waals surface area contributed by atoms with Crippen molar-refractivity contribution < 1.29 is 25.0 Å². The number of esters is 1. The van der Waals surface area contributed by atoms with Crippen molar-refractivity contribution in [2.75, 3.05) is 6.61 Å². The summed E-state index contributed by atoms with van der Waals surface area (Å²) >= 11 is 4.12. The Labute approximate surface area is 56.3 Å². The first kappa shape index (κ1) is 7.70. The molecular formula is C5H7NiO2. The van der Waals surface area contributed by atoms with Gasteiger partial charge >= 0.3 is 55.6 Å². The van der Waals surface area contributed by atoms with Gasteiger partial charge in [-0.25, -0.2) is 0 Å². The van der Waals surface area contributed by atoms with Crippen LogP contribution in [0.1, 0.15) is 6.92 Å². The number of hydrogen-bond donors (Lipinski definition) is 0. The fourth-order valence-corrected chi connectivity index (χ4v) is 0.276. The van der Waals surface area contributed by atoms with Gasteiger partial charge in [0.1, 0.15) is 0 Å². The van der Waals surface area contributed by atoms with Crippen molar-refractivity contribution >= 4 is 5.97 Å². The van der Waals surface area contributed by atoms with Crippen LogP contribution >= 0.6 is 0 Å². The van der Waals surface area contributed by atoms with Gasteiger partial charge in [0.05, 0.1) is 0 Å². The Bertz CT molecular complexity index is 109. The Kier molecular flexibility index (Phi) is 3.54. The van der Waals surface area contributed by atoms with Crippen LogP contribution in [0.3, 0.4) is 0 Å². The molecule has 0 aliphatic rings. The summed E-state index contributed by atoms with van der Waals surface area (Å²) < 4.78 is 4.55. The molecule has 3 heteroatoms. The molecule has 0 aromatic rings. The molecular weight excluding hydrogens is 151 g/mol. The summed E-state index contributed by atoms with van der Waals surface area (Å²) in [6.45, 7) is 5.32. The quantitative estimate of drug-likeness (QED) is 0.334. The maximum absolute atomic E-state index is 10.3. The predicted octanol–water partition coefficient (Wildman–Crippen LogP) is 0.610. The molecule has 2 nitrogen and oxygen atoms in total. The van der Waals surface area contributed by atoms with E-state index in [4.69, 9.17) is 0 Å². The molecule has 0 fully saturated rings. The summed E-state index contributed by atoms with van der Waals surface area (Å²) in [6.07, 6.45) is 0. The number of carbonyl (C=O) groups is 1. The molecule has 0 spiro atoms. The molecule has 0 amide bonds. The second-order valence-corrected chi connectivity index (χ2v) is 1.68. The Morgan fingerprint density at radius 3 is 2.50 bits per heavy atom. The summed E-state index contributed by atoms with van der Waals surface area (Å²) in [4.78, 5) is 10.3. The Hall–Kier alpha value is -0.296. The maximum atomic E-state index is 10.3. The first-order chi connectivity index (χ1) is 3.68. The fraction of sp³-hybridized carbons (Fsp3) is 0.400. The second-order valence-electron chi connectivity index (χ2n) is 1.09. The van der Waals surface area contributed by atoms with Crippen LogP contribution in [0.5, 0.6) is 0 Å². The third kappa shape index (κ3) is 2.81. The molecule has 0 unspecified atom stereocenters. The molecule has 0 rings (SSSR count). The van der Waals surface area contributed by atoms with Gasteiger partial charge in [-0.05, 0) is 0 Å². The molecule has 0 bridgehead atoms. The van der Waals surface area contributed by atoms with E-state index in [1.807, 2.05) is 0 Å². The zero-order chi connectivity index (χ0) is 6.57. The van der Waals surface area contributed by atoms with Crippen molar-refractivity contribution in [3.63, 3.8) is 0 Å². The first-order valence-corrected chi connectivity index (χ1v) is 2.66. The van der Waals surface area contributed by atoms with Gasteiger partial charge in [0.2, 0.25) is 0 Å². The molecule has 0 aliphatic carbocycles. The number of carbonyl (C=O) groups excluding carboxylic acids is 1. The monoisotopic (exact) mass is 157 g/mol. The van der Waals surface area contributed by atoms with E-state index >= 15 is 0 Å². The van der Waals surface area contributed by atoms with Crippen molar-refractivity contribution in [1.29, 1.82) is 0 Å². The van der Waals surface area contributed by atoms with E-state index in [1.165, 1.54) is 0 Å². The molecule has 49 valence electrons. The van der Waals surface area contributed by atoms with Gasteiger partial charge in [-0.15, -0.1) is 0 Å². The number of hydrogen-bond acceptors (Lipinski definition) is 2. The Morgan fingerprint density at radius 1 is 1.88 bits per heavy atom. The molecule has 0 aliphatic heterocycles. The van der Waals surface area contributed by atoms with Crippen LogP contribution in [0, 0.1) is 0 Å². The van der Waals surface area contributed by atoms with Gasteiger partial charge in [-0.1, -0.05) is 0 Å². The number of rotatable bonds is 2. The summed E-state index contributed by atoms with van der Waals surface area (Å²) in [7, 11) is 0. The molecule has 0 heterocycles. The van der Waals surface area contributed by atoms with Crippen LogP contribution < -0.4 is 0 Å². The molecule has 0 aromatic carbocycles. The molecule has 0 saturated heterocycles. The summed E-state index contributed by atoms with van der Waals surface area (Å²) in [5.74, 6) is -0.479. The SMILES string of the molecule is C=[C]([Ni])C(=O)OCC. The summed E-state index contributed by atoms with van der Waals surface area (Å²) in [5, 5.41) is 0. The van der Waals surface area contributed by atoms with Crippen LogP contribution in [-0.2, 0) is 25.0 Å². The van der Waals surface area contributed by atoms with Crippen LogP contribution in [0.25, 0.3) is 0 Å². The van der Waals surface area contributed by atoms with Gasteiger partial charge in [0.25, 0.3) is 0 Å². The van der Waals surface area contributed by atoms with Crippen molar-refractivity contribution in [2.45, 2.75) is 6.92 Å². The van der Waals surface area contributed by atoms with Crippen molar-refractivity contribution in [3.05, 3.63) is 11.1 Å². The first-order valence-electron chi connectivity index (χ1n) is 2.17. The van der Waals surface area contributed by atoms with E-state index in [0.717, 1.165) is 0 Å². The number of ether oxygens (including phenoxy) is 1. The van der Waals surface area contributed by atoms with E-state index < -0.39 is 5.97 Å². The van der Waals surface area contributed by atoms with E-state index in [9.17, 15) is 4.79 Å². The minimum absolute atomic E-state index is 0.0758. The van der Waals surface area contributed by atoms with Gasteiger partial charge < -0.3 is 0 Å². The standard InChI is InChI=1S/C5H7O2.Ni/c1-3-5(6)7-4-2;/h1,4H2,2H3;. The van der Waals surface area contributed by atoms with Crippen LogP contribution in [0.2, 0.25) is 0 Å². The zero-order valence-corrected chi connectivity index (χ0v) is 5.53. The molecule has 0 atom stereocenters. The van der Waals surface area contributed by atoms with Crippen LogP contribution in [0.15, 0.2) is 11.1 Å². The molecule has 8 heavy (non-hydrogen) atoms. The van der Waals surface area contributed by atoms with Crippen molar-refractivity contribution in [2.24, 2.45) is 0 Å². The van der Waals surface area contributed by atoms with Crippen LogP contribution in [-0.4, -0.2) is 12.6 Å². The predicted molar refractivity (Wildman–Crippen MR) is 25.8 cm³/mol. The fourth-order valence-electron chi connectivity index (χ4n) is 0.205. The molecule has 0 saturated carbocycles. The minimum atomic E-state index is -0.479. The molecule has 0 radical (unpaired) electrons. The van der Waals surface area contributed by atoms with E-state index in [2.05, 4.69) is 26.8 Å². The Balaban J connectivity index is 3.49. The van der Waals surface area contributed by atoms with E-state index in [1.54, 1.807) is 6.92 Å². The van der Waals surface area contributed by atoms with Gasteiger partial charge in [-0.3, -0.25) is 0 Å². The van der Waals surface area contributed by atoms with Gasteiger partial charge in [0, 0.05) is 0 Å². The average molecular weight is 158 g/mol. The Morgan fingerprint density at radius 2 is 2.38 bits per heavy atom. The molecule has 0 N–H and O–H groups in total. The second kappa shape index (κ2) is 3.67. The van der Waals surface area contributed by atoms with Crippen molar-refractivity contribution in [3.8, 4) is 0 Å². The summed E-state index contributed by atoms with van der Waals surface area (Å²) in [5.41, 5.74) is 0. The third-order valence-corrected chi connectivity index (χ3v) is 0.686. The van der Waals surface area contributed by atoms with E-state index in [0.29, 0.717) is 6.61 Å². The normalized spacial score (nSPS) is 8.38. The average Bonchev–Trinajstić information content (AvgIpc) is 1.67. The summed E-state index contributed by atoms with van der Waals surface area (Å²) in [6, 6.07) is 0. The van der Waals surface area contributed by atoms with Crippen molar-refractivity contribution in [1.82, 2.24) is 0 Å². The van der Waals surface area contributed by atoms with Crippen LogP contribution in [0.4, 0.5) is 0 Å². The van der Waals surface area contributed by atoms with E-state index in [-0.39, 0.29) is 4.54 Å². The molecule has 0 aromatic heterocycles. The zero-order valence-electron chi connectivity index (χ0n) is 4.55. The third-order valence-electron chi connectivity index (χ3n) is 0.484. The topological polar surface area (TPSA) is 26.3 Å². The van der Waals surface area contributed by atoms with Gasteiger partial charge in [0.15, 0.2) is 0 Å². The van der Waals surface area contributed by atoms with Gasteiger partial charge in [-0.2, -0.15) is 0 Å².